The van der Waals surface area contributed by atoms with Crippen molar-refractivity contribution in [2.24, 2.45) is 0 Å². The molecule has 0 aromatic heterocycles. The summed E-state index contributed by atoms with van der Waals surface area (Å²) in [6.45, 7) is 1.29. The van der Waals surface area contributed by atoms with Gasteiger partial charge in [0.15, 0.2) is 6.23 Å². The third-order valence-corrected chi connectivity index (χ3v) is 0.843. The van der Waals surface area contributed by atoms with E-state index in [9.17, 15) is 9.28 Å². The molecule has 0 radical (unpaired) electrons. The van der Waals surface area contributed by atoms with Gasteiger partial charge in [0.2, 0.25) is 0 Å². The Labute approximate surface area is 51.8 Å². The van der Waals surface area contributed by atoms with E-state index in [1.165, 1.54) is 14.0 Å². The molecular formula is C4H8FNO3. The van der Waals surface area contributed by atoms with Crippen molar-refractivity contribution in [2.75, 3.05) is 7.11 Å². The molecule has 0 aliphatic rings. The maximum atomic E-state index is 12.0. The number of ether oxygens (including phenoxy) is 1. The number of methoxy groups -OCH3 is 1. The van der Waals surface area contributed by atoms with Crippen molar-refractivity contribution in [3.05, 3.63) is 0 Å². The van der Waals surface area contributed by atoms with Gasteiger partial charge in [0.1, 0.15) is 0 Å². The molecule has 0 rings (SSSR count). The Morgan fingerprint density at radius 1 is 1.89 bits per heavy atom. The molecule has 4 nitrogen and oxygen atoms in total. The van der Waals surface area contributed by atoms with Crippen LogP contribution in [0.2, 0.25) is 0 Å². The van der Waals surface area contributed by atoms with Gasteiger partial charge >= 0.3 is 6.09 Å². The molecule has 0 saturated carbocycles. The molecule has 0 aliphatic carbocycles. The van der Waals surface area contributed by atoms with E-state index in [1.54, 1.807) is 0 Å². The molecule has 0 aromatic rings. The Hall–Kier alpha value is -0.840. The third-order valence-electron chi connectivity index (χ3n) is 0.843. The van der Waals surface area contributed by atoms with Crippen molar-refractivity contribution in [1.82, 2.24) is 5.12 Å². The summed E-state index contributed by atoms with van der Waals surface area (Å²) in [6.07, 6.45) is -2.69. The first kappa shape index (κ1) is 8.16. The number of hydrogen-bond donors (Lipinski definition) is 1. The Morgan fingerprint density at radius 2 is 2.33 bits per heavy atom. The molecule has 1 unspecified atom stereocenters. The molecule has 1 amide bonds. The molecule has 0 aliphatic heterocycles. The average molecular weight is 137 g/mol. The van der Waals surface area contributed by atoms with Gasteiger partial charge in [0.05, 0.1) is 0 Å². The smallest absolute Gasteiger partial charge is 0.438 e. The van der Waals surface area contributed by atoms with E-state index in [1.807, 2.05) is 0 Å². The summed E-state index contributed by atoms with van der Waals surface area (Å²) in [7, 11) is 1.22. The van der Waals surface area contributed by atoms with Gasteiger partial charge < -0.3 is 9.84 Å². The summed E-state index contributed by atoms with van der Waals surface area (Å²) in [4.78, 5) is 9.77. The first-order chi connectivity index (χ1) is 4.09. The fraction of sp³-hybridized carbons (Fsp3) is 0.750. The Balaban J connectivity index is 3.72. The third kappa shape index (κ3) is 2.27. The van der Waals surface area contributed by atoms with E-state index in [0.29, 0.717) is 0 Å². The first-order valence-corrected chi connectivity index (χ1v) is 2.30. The number of hydrogen-bond acceptors (Lipinski definition) is 2. The number of halogens is 1. The summed E-state index contributed by atoms with van der Waals surface area (Å²) < 4.78 is 16.4. The lowest BCUT2D eigenvalue weighted by Crippen LogP contribution is -2.31. The van der Waals surface area contributed by atoms with Gasteiger partial charge in [0.25, 0.3) is 0 Å². The van der Waals surface area contributed by atoms with Crippen molar-refractivity contribution < 1.29 is 19.1 Å². The zero-order valence-electron chi connectivity index (χ0n) is 5.17. The highest BCUT2D eigenvalue weighted by molar-refractivity contribution is 5.63. The number of carboxylic acid groups (broad SMARTS) is 1. The van der Waals surface area contributed by atoms with E-state index < -0.39 is 17.4 Å². The van der Waals surface area contributed by atoms with Crippen LogP contribution in [0, 0.1) is 0 Å². The Bertz CT molecular complexity index is 108. The van der Waals surface area contributed by atoms with Gasteiger partial charge in [-0.1, -0.05) is 4.48 Å². The van der Waals surface area contributed by atoms with E-state index in [4.69, 9.17) is 5.11 Å². The second-order valence-electron chi connectivity index (χ2n) is 1.43. The van der Waals surface area contributed by atoms with Crippen LogP contribution in [0.3, 0.4) is 0 Å². The van der Waals surface area contributed by atoms with Crippen LogP contribution in [0.25, 0.3) is 0 Å². The predicted octanol–water partition coefficient (Wildman–Crippen LogP) is 0.843. The minimum atomic E-state index is -1.65. The van der Waals surface area contributed by atoms with Crippen LogP contribution in [0.15, 0.2) is 0 Å². The minimum Gasteiger partial charge on any atom is -0.463 e. The fourth-order valence-corrected chi connectivity index (χ4v) is 0.248. The van der Waals surface area contributed by atoms with Gasteiger partial charge in [-0.25, -0.2) is 4.79 Å². The van der Waals surface area contributed by atoms with Crippen LogP contribution in [-0.4, -0.2) is 29.7 Å². The topological polar surface area (TPSA) is 49.8 Å². The summed E-state index contributed by atoms with van der Waals surface area (Å²) >= 11 is 0. The molecule has 0 spiro atoms. The largest absolute Gasteiger partial charge is 0.463 e. The van der Waals surface area contributed by atoms with Crippen molar-refractivity contribution in [1.29, 1.82) is 0 Å². The highest BCUT2D eigenvalue weighted by Crippen LogP contribution is 1.99. The number of amides is 1. The van der Waals surface area contributed by atoms with Gasteiger partial charge in [-0.05, 0) is 6.92 Å². The van der Waals surface area contributed by atoms with Crippen molar-refractivity contribution in [3.63, 3.8) is 0 Å². The summed E-state index contributed by atoms with van der Waals surface area (Å²) in [5, 5.41) is 7.54. The SMILES string of the molecule is COC(C)N(F)C(=O)O. The highest BCUT2D eigenvalue weighted by Gasteiger charge is 2.17. The summed E-state index contributed by atoms with van der Waals surface area (Å²) in [6, 6.07) is 0. The van der Waals surface area contributed by atoms with Gasteiger partial charge in [-0.2, -0.15) is 0 Å². The monoisotopic (exact) mass is 137 g/mol. The molecule has 0 fully saturated rings. The molecule has 9 heavy (non-hydrogen) atoms. The van der Waals surface area contributed by atoms with E-state index in [0.717, 1.165) is 0 Å². The Kier molecular flexibility index (Phi) is 2.94. The van der Waals surface area contributed by atoms with Crippen LogP contribution < -0.4 is 0 Å². The molecule has 0 bridgehead atoms. The molecule has 1 N–H and O–H groups in total. The second kappa shape index (κ2) is 3.24. The van der Waals surface area contributed by atoms with E-state index in [-0.39, 0.29) is 0 Å². The molecular weight excluding hydrogens is 129 g/mol. The molecule has 1 atom stereocenters. The lowest BCUT2D eigenvalue weighted by molar-refractivity contribution is -0.105. The standard InChI is InChI=1S/C4H8FNO3/c1-3(9-2)6(5)4(7)8/h3H,1-2H3,(H,7,8). The van der Waals surface area contributed by atoms with Gasteiger partial charge in [-0.15, -0.1) is 5.12 Å². The van der Waals surface area contributed by atoms with Crippen molar-refractivity contribution in [3.8, 4) is 0 Å². The van der Waals surface area contributed by atoms with E-state index >= 15 is 0 Å². The number of nitrogens with zero attached hydrogens (tertiary/aromatic N) is 1. The quantitative estimate of drug-likeness (QED) is 0.453. The lowest BCUT2D eigenvalue weighted by atomic mass is 10.6. The zero-order valence-corrected chi connectivity index (χ0v) is 5.17. The highest BCUT2D eigenvalue weighted by atomic mass is 19.2. The molecule has 0 aromatic carbocycles. The zero-order chi connectivity index (χ0) is 7.44. The Morgan fingerprint density at radius 3 is 2.44 bits per heavy atom. The van der Waals surface area contributed by atoms with E-state index in [2.05, 4.69) is 4.74 Å². The maximum Gasteiger partial charge on any atom is 0.438 e. The molecule has 54 valence electrons. The van der Waals surface area contributed by atoms with Crippen LogP contribution in [0.1, 0.15) is 6.92 Å². The van der Waals surface area contributed by atoms with Crippen LogP contribution in [0.5, 0.6) is 0 Å². The predicted molar refractivity (Wildman–Crippen MR) is 27.4 cm³/mol. The van der Waals surface area contributed by atoms with Crippen molar-refractivity contribution >= 4 is 6.09 Å². The molecule has 5 heteroatoms. The normalized spacial score (nSPS) is 12.8. The molecule has 0 heterocycles. The van der Waals surface area contributed by atoms with Gasteiger partial charge in [0, 0.05) is 7.11 Å². The fourth-order valence-electron chi connectivity index (χ4n) is 0.248. The van der Waals surface area contributed by atoms with Crippen LogP contribution >= 0.6 is 0 Å². The summed E-state index contributed by atoms with van der Waals surface area (Å²) in [5.41, 5.74) is 0. The van der Waals surface area contributed by atoms with Crippen LogP contribution in [0.4, 0.5) is 9.28 Å². The summed E-state index contributed by atoms with van der Waals surface area (Å²) in [5.74, 6) is 0. The second-order valence-corrected chi connectivity index (χ2v) is 1.43. The number of carbonyl (C=O) groups is 1. The van der Waals surface area contributed by atoms with Gasteiger partial charge in [-0.3, -0.25) is 0 Å². The van der Waals surface area contributed by atoms with Crippen molar-refractivity contribution in [2.45, 2.75) is 13.2 Å². The maximum absolute atomic E-state index is 12.0. The first-order valence-electron chi connectivity index (χ1n) is 2.30. The molecule has 0 saturated heterocycles. The average Bonchev–Trinajstić information content (AvgIpc) is 1.84. The van der Waals surface area contributed by atoms with Crippen LogP contribution in [-0.2, 0) is 4.74 Å². The minimum absolute atomic E-state index is 0.417. The number of rotatable bonds is 2. The lowest BCUT2D eigenvalue weighted by Gasteiger charge is -2.13.